The number of rotatable bonds is 7. The third-order valence-electron chi connectivity index (χ3n) is 4.04. The second-order valence-corrected chi connectivity index (χ2v) is 6.06. The molecular weight excluding hydrogens is 368 g/mol. The Kier molecular flexibility index (Phi) is 5.93. The van der Waals surface area contributed by atoms with Gasteiger partial charge in [-0.1, -0.05) is 17.7 Å². The zero-order valence-corrected chi connectivity index (χ0v) is 15.7. The van der Waals surface area contributed by atoms with Crippen LogP contribution in [0.3, 0.4) is 0 Å². The van der Waals surface area contributed by atoms with Gasteiger partial charge in [0.15, 0.2) is 11.5 Å². The lowest BCUT2D eigenvalue weighted by Crippen LogP contribution is -2.26. The van der Waals surface area contributed by atoms with E-state index < -0.39 is 0 Å². The highest BCUT2D eigenvalue weighted by molar-refractivity contribution is 6.33. The molecule has 3 rings (SSSR count). The van der Waals surface area contributed by atoms with Crippen LogP contribution in [0.4, 0.5) is 0 Å². The Balaban J connectivity index is 1.61. The van der Waals surface area contributed by atoms with E-state index in [2.05, 4.69) is 20.5 Å². The van der Waals surface area contributed by atoms with Gasteiger partial charge in [0.05, 0.1) is 24.9 Å². The second kappa shape index (κ2) is 8.55. The average Bonchev–Trinajstić information content (AvgIpc) is 3.20. The molecule has 3 aromatic rings. The van der Waals surface area contributed by atoms with Crippen molar-refractivity contribution in [1.29, 1.82) is 0 Å². The molecule has 0 radical (unpaired) electrons. The third-order valence-corrected chi connectivity index (χ3v) is 4.46. The monoisotopic (exact) mass is 386 g/mol. The van der Waals surface area contributed by atoms with E-state index in [9.17, 15) is 4.79 Å². The maximum absolute atomic E-state index is 12.3. The van der Waals surface area contributed by atoms with Gasteiger partial charge in [0.25, 0.3) is 5.91 Å². The van der Waals surface area contributed by atoms with Gasteiger partial charge in [-0.15, -0.1) is 0 Å². The smallest absolute Gasteiger partial charge is 0.269 e. The van der Waals surface area contributed by atoms with Crippen LogP contribution >= 0.6 is 11.6 Å². The molecule has 0 aliphatic carbocycles. The fraction of sp³-hybridized carbons (Fsp3) is 0.211. The predicted molar refractivity (Wildman–Crippen MR) is 102 cm³/mol. The van der Waals surface area contributed by atoms with Crippen LogP contribution in [-0.4, -0.2) is 41.9 Å². The molecule has 0 aliphatic rings. The van der Waals surface area contributed by atoms with Crippen LogP contribution in [0.5, 0.6) is 11.5 Å². The summed E-state index contributed by atoms with van der Waals surface area (Å²) in [4.78, 5) is 16.3. The van der Waals surface area contributed by atoms with E-state index in [0.717, 1.165) is 11.1 Å². The molecule has 8 heteroatoms. The van der Waals surface area contributed by atoms with Crippen LogP contribution in [0.25, 0.3) is 11.3 Å². The first-order valence-corrected chi connectivity index (χ1v) is 8.65. The lowest BCUT2D eigenvalue weighted by atomic mass is 10.1. The largest absolute Gasteiger partial charge is 0.493 e. The zero-order valence-electron chi connectivity index (χ0n) is 15.0. The molecule has 7 nitrogen and oxygen atoms in total. The van der Waals surface area contributed by atoms with E-state index in [0.29, 0.717) is 40.9 Å². The molecule has 27 heavy (non-hydrogen) atoms. The van der Waals surface area contributed by atoms with Crippen molar-refractivity contribution in [3.8, 4) is 22.8 Å². The Labute approximate surface area is 161 Å². The number of nitrogens with zero attached hydrogens (tertiary/aromatic N) is 2. The number of benzene rings is 1. The van der Waals surface area contributed by atoms with Crippen molar-refractivity contribution >= 4 is 17.5 Å². The van der Waals surface area contributed by atoms with Crippen molar-refractivity contribution in [3.63, 3.8) is 0 Å². The molecule has 0 aliphatic heterocycles. The Morgan fingerprint density at radius 3 is 2.67 bits per heavy atom. The number of carbonyl (C=O) groups excluding carboxylic acids is 1. The number of amides is 1. The number of carbonyl (C=O) groups is 1. The second-order valence-electron chi connectivity index (χ2n) is 5.68. The van der Waals surface area contributed by atoms with Crippen LogP contribution < -0.4 is 14.8 Å². The minimum Gasteiger partial charge on any atom is -0.493 e. The van der Waals surface area contributed by atoms with E-state index in [1.807, 2.05) is 18.2 Å². The molecule has 2 heterocycles. The van der Waals surface area contributed by atoms with E-state index in [1.165, 1.54) is 7.11 Å². The van der Waals surface area contributed by atoms with Crippen LogP contribution in [0.1, 0.15) is 16.1 Å². The summed E-state index contributed by atoms with van der Waals surface area (Å²) in [5.41, 5.74) is 2.82. The molecule has 1 aromatic carbocycles. The molecule has 2 aromatic heterocycles. The summed E-state index contributed by atoms with van der Waals surface area (Å²) >= 11 is 6.36. The molecule has 2 N–H and O–H groups in total. The predicted octanol–water partition coefficient (Wildman–Crippen LogP) is 3.11. The molecule has 0 spiro atoms. The van der Waals surface area contributed by atoms with Crippen LogP contribution in [0.15, 0.2) is 42.7 Å². The minimum atomic E-state index is -0.237. The fourth-order valence-electron chi connectivity index (χ4n) is 2.64. The van der Waals surface area contributed by atoms with E-state index in [4.69, 9.17) is 21.1 Å². The van der Waals surface area contributed by atoms with E-state index >= 15 is 0 Å². The Hall–Kier alpha value is -3.06. The maximum Gasteiger partial charge on any atom is 0.269 e. The van der Waals surface area contributed by atoms with Crippen LogP contribution in [-0.2, 0) is 6.42 Å². The number of nitrogens with one attached hydrogen (secondary N) is 2. The van der Waals surface area contributed by atoms with Gasteiger partial charge in [0.2, 0.25) is 0 Å². The Morgan fingerprint density at radius 2 is 1.96 bits per heavy atom. The fourth-order valence-corrected chi connectivity index (χ4v) is 2.97. The Bertz CT molecular complexity index is 928. The SMILES string of the molecule is COc1ccc(CCNC(=O)c2cc(-c3ccncc3)n[nH]2)c(Cl)c1OC. The van der Waals surface area contributed by atoms with Gasteiger partial charge >= 0.3 is 0 Å². The van der Waals surface area contributed by atoms with Gasteiger partial charge < -0.3 is 14.8 Å². The molecule has 0 unspecified atom stereocenters. The van der Waals surface area contributed by atoms with Crippen molar-refractivity contribution < 1.29 is 14.3 Å². The number of methoxy groups -OCH3 is 2. The number of hydrogen-bond acceptors (Lipinski definition) is 5. The number of ether oxygens (including phenoxy) is 2. The number of hydrogen-bond donors (Lipinski definition) is 2. The molecular formula is C19H19ClN4O3. The number of aromatic nitrogens is 3. The van der Waals surface area contributed by atoms with Gasteiger partial charge in [0, 0.05) is 24.5 Å². The highest BCUT2D eigenvalue weighted by atomic mass is 35.5. The molecule has 1 amide bonds. The molecule has 0 bridgehead atoms. The van der Waals surface area contributed by atoms with Crippen molar-refractivity contribution in [3.05, 3.63) is 59.0 Å². The van der Waals surface area contributed by atoms with Gasteiger partial charge in [0.1, 0.15) is 5.69 Å². The normalized spacial score (nSPS) is 10.5. The highest BCUT2D eigenvalue weighted by Crippen LogP contribution is 2.37. The molecule has 0 saturated carbocycles. The van der Waals surface area contributed by atoms with E-state index in [1.54, 1.807) is 31.6 Å². The lowest BCUT2D eigenvalue weighted by molar-refractivity contribution is 0.0949. The number of pyridine rings is 1. The van der Waals surface area contributed by atoms with Crippen molar-refractivity contribution in [2.75, 3.05) is 20.8 Å². The van der Waals surface area contributed by atoms with Gasteiger partial charge in [-0.2, -0.15) is 5.10 Å². The molecule has 0 fully saturated rings. The minimum absolute atomic E-state index is 0.237. The molecule has 0 saturated heterocycles. The summed E-state index contributed by atoms with van der Waals surface area (Å²) in [5.74, 6) is 0.814. The average molecular weight is 387 g/mol. The number of aromatic amines is 1. The van der Waals surface area contributed by atoms with Crippen LogP contribution in [0, 0.1) is 0 Å². The quantitative estimate of drug-likeness (QED) is 0.651. The lowest BCUT2D eigenvalue weighted by Gasteiger charge is -2.13. The highest BCUT2D eigenvalue weighted by Gasteiger charge is 2.14. The summed E-state index contributed by atoms with van der Waals surface area (Å²) in [6.07, 6.45) is 3.91. The number of halogens is 1. The number of H-pyrrole nitrogens is 1. The zero-order chi connectivity index (χ0) is 19.2. The summed E-state index contributed by atoms with van der Waals surface area (Å²) < 4.78 is 10.5. The van der Waals surface area contributed by atoms with Crippen LogP contribution in [0.2, 0.25) is 5.02 Å². The molecule has 0 atom stereocenters. The van der Waals surface area contributed by atoms with Crippen molar-refractivity contribution in [1.82, 2.24) is 20.5 Å². The topological polar surface area (TPSA) is 89.1 Å². The van der Waals surface area contributed by atoms with Crippen molar-refractivity contribution in [2.24, 2.45) is 0 Å². The molecule has 140 valence electrons. The summed E-state index contributed by atoms with van der Waals surface area (Å²) in [6.45, 7) is 0.414. The van der Waals surface area contributed by atoms with E-state index in [-0.39, 0.29) is 5.91 Å². The first-order valence-electron chi connectivity index (χ1n) is 8.27. The van der Waals surface area contributed by atoms with Gasteiger partial charge in [-0.3, -0.25) is 14.9 Å². The van der Waals surface area contributed by atoms with Gasteiger partial charge in [-0.25, -0.2) is 0 Å². The first-order chi connectivity index (χ1) is 13.1. The van der Waals surface area contributed by atoms with Gasteiger partial charge in [-0.05, 0) is 36.2 Å². The third kappa shape index (κ3) is 4.20. The van der Waals surface area contributed by atoms with Crippen molar-refractivity contribution in [2.45, 2.75) is 6.42 Å². The summed E-state index contributed by atoms with van der Waals surface area (Å²) in [7, 11) is 3.09. The Morgan fingerprint density at radius 1 is 1.19 bits per heavy atom. The first kappa shape index (κ1) is 18.7. The summed E-state index contributed by atoms with van der Waals surface area (Å²) in [6, 6.07) is 9.01. The standard InChI is InChI=1S/C19H19ClN4O3/c1-26-16-4-3-13(17(20)18(16)27-2)7-10-22-19(25)15-11-14(23-24-15)12-5-8-21-9-6-12/h3-6,8-9,11H,7,10H2,1-2H3,(H,22,25)(H,23,24). The maximum atomic E-state index is 12.3. The summed E-state index contributed by atoms with van der Waals surface area (Å²) in [5, 5.41) is 10.2.